The summed E-state index contributed by atoms with van der Waals surface area (Å²) in [7, 11) is 1.53. The van der Waals surface area contributed by atoms with Gasteiger partial charge in [0.05, 0.1) is 30.3 Å². The van der Waals surface area contributed by atoms with Crippen LogP contribution in [-0.2, 0) is 0 Å². The second kappa shape index (κ2) is 9.68. The van der Waals surface area contributed by atoms with Crippen molar-refractivity contribution < 1.29 is 13.9 Å². The summed E-state index contributed by atoms with van der Waals surface area (Å²) in [4.78, 5) is 18.2. The zero-order valence-corrected chi connectivity index (χ0v) is 21.2. The number of methoxy groups -OCH3 is 1. The average Bonchev–Trinajstić information content (AvgIpc) is 3.27. The third-order valence-corrected chi connectivity index (χ3v) is 5.84. The number of para-hydroxylation sites is 1. The van der Waals surface area contributed by atoms with Gasteiger partial charge in [-0.1, -0.05) is 35.3 Å². The number of halogens is 2. The van der Waals surface area contributed by atoms with Gasteiger partial charge < -0.3 is 13.9 Å². The molecular formula is C27H21Cl2N3O4. The van der Waals surface area contributed by atoms with Crippen LogP contribution in [0.4, 0.5) is 0 Å². The van der Waals surface area contributed by atoms with E-state index in [4.69, 9.17) is 42.1 Å². The van der Waals surface area contributed by atoms with E-state index in [1.165, 1.54) is 18.0 Å². The lowest BCUT2D eigenvalue weighted by Gasteiger charge is -2.16. The minimum atomic E-state index is -0.356. The largest absolute Gasteiger partial charge is 0.493 e. The average molecular weight is 522 g/mol. The topological polar surface area (TPSA) is 78.9 Å². The van der Waals surface area contributed by atoms with E-state index >= 15 is 0 Å². The molecule has 5 aromatic rings. The third-order valence-electron chi connectivity index (χ3n) is 5.39. The fourth-order valence-corrected chi connectivity index (χ4v) is 4.23. The molecule has 0 bridgehead atoms. The highest BCUT2D eigenvalue weighted by Gasteiger charge is 2.18. The summed E-state index contributed by atoms with van der Waals surface area (Å²) in [6.45, 7) is 3.80. The molecule has 0 radical (unpaired) electrons. The molecule has 36 heavy (non-hydrogen) atoms. The van der Waals surface area contributed by atoms with Gasteiger partial charge in [-0.15, -0.1) is 0 Å². The first-order chi connectivity index (χ1) is 17.3. The summed E-state index contributed by atoms with van der Waals surface area (Å²) < 4.78 is 18.6. The van der Waals surface area contributed by atoms with Crippen molar-refractivity contribution in [2.75, 3.05) is 7.11 Å². The molecule has 0 aliphatic rings. The van der Waals surface area contributed by atoms with Crippen LogP contribution in [-0.4, -0.2) is 29.1 Å². The Labute approximate surface area is 216 Å². The number of hydrogen-bond donors (Lipinski definition) is 0. The van der Waals surface area contributed by atoms with Gasteiger partial charge in [0.2, 0.25) is 5.82 Å². The van der Waals surface area contributed by atoms with Crippen LogP contribution < -0.4 is 15.0 Å². The lowest BCUT2D eigenvalue weighted by Crippen LogP contribution is -2.20. The lowest BCUT2D eigenvalue weighted by molar-refractivity contribution is 0.230. The molecule has 9 heteroatoms. The second-order valence-electron chi connectivity index (χ2n) is 8.30. The van der Waals surface area contributed by atoms with Crippen LogP contribution >= 0.6 is 23.2 Å². The van der Waals surface area contributed by atoms with Crippen molar-refractivity contribution in [1.29, 1.82) is 0 Å². The van der Waals surface area contributed by atoms with Crippen LogP contribution in [0, 0.1) is 0 Å². The van der Waals surface area contributed by atoms with Gasteiger partial charge in [0.1, 0.15) is 5.58 Å². The number of ether oxygens (including phenoxy) is 2. The quantitative estimate of drug-likeness (QED) is 0.229. The summed E-state index contributed by atoms with van der Waals surface area (Å²) in [6, 6.07) is 17.5. The van der Waals surface area contributed by atoms with Crippen molar-refractivity contribution in [3.05, 3.63) is 86.6 Å². The molecule has 2 aromatic heterocycles. The molecule has 0 fully saturated rings. The minimum Gasteiger partial charge on any atom is -0.493 e. The first-order valence-corrected chi connectivity index (χ1v) is 11.9. The second-order valence-corrected chi connectivity index (χ2v) is 9.17. The molecule has 0 amide bonds. The molecule has 0 spiro atoms. The van der Waals surface area contributed by atoms with Crippen molar-refractivity contribution in [3.8, 4) is 23.1 Å². The SMILES string of the molecule is COc1cc(Cl)cc(C=Nn2c(-c3cc4cc(Cl)ccc4o3)nc3ccccc3c2=O)c1OC(C)C. The highest BCUT2D eigenvalue weighted by molar-refractivity contribution is 6.31. The molecule has 7 nitrogen and oxygen atoms in total. The number of benzene rings is 3. The molecule has 182 valence electrons. The Morgan fingerprint density at radius 3 is 2.64 bits per heavy atom. The molecule has 0 saturated heterocycles. The van der Waals surface area contributed by atoms with Crippen LogP contribution in [0.15, 0.2) is 75.0 Å². The number of rotatable bonds is 6. The van der Waals surface area contributed by atoms with Crippen molar-refractivity contribution in [3.63, 3.8) is 0 Å². The van der Waals surface area contributed by atoms with Crippen LogP contribution in [0.1, 0.15) is 19.4 Å². The predicted octanol–water partition coefficient (Wildman–Crippen LogP) is 6.79. The summed E-state index contributed by atoms with van der Waals surface area (Å²) in [5.74, 6) is 1.52. The number of hydrogen-bond acceptors (Lipinski definition) is 6. The fraction of sp³-hybridized carbons (Fsp3) is 0.148. The van der Waals surface area contributed by atoms with E-state index in [0.29, 0.717) is 49.4 Å². The van der Waals surface area contributed by atoms with E-state index in [9.17, 15) is 4.79 Å². The van der Waals surface area contributed by atoms with Gasteiger partial charge >= 0.3 is 0 Å². The Morgan fingerprint density at radius 2 is 1.86 bits per heavy atom. The van der Waals surface area contributed by atoms with Crippen LogP contribution in [0.25, 0.3) is 33.5 Å². The first kappa shape index (κ1) is 23.9. The smallest absolute Gasteiger partial charge is 0.282 e. The van der Waals surface area contributed by atoms with Gasteiger partial charge in [0.15, 0.2) is 17.3 Å². The van der Waals surface area contributed by atoms with E-state index in [2.05, 4.69) is 5.10 Å². The summed E-state index contributed by atoms with van der Waals surface area (Å²) in [5, 5.41) is 6.71. The molecule has 5 rings (SSSR count). The van der Waals surface area contributed by atoms with E-state index < -0.39 is 0 Å². The van der Waals surface area contributed by atoms with Crippen LogP contribution in [0.5, 0.6) is 11.5 Å². The van der Waals surface area contributed by atoms with Crippen molar-refractivity contribution in [2.45, 2.75) is 20.0 Å². The van der Waals surface area contributed by atoms with Crippen molar-refractivity contribution in [2.24, 2.45) is 5.10 Å². The van der Waals surface area contributed by atoms with Crippen molar-refractivity contribution >= 4 is 51.3 Å². The van der Waals surface area contributed by atoms with E-state index in [-0.39, 0.29) is 17.5 Å². The predicted molar refractivity (Wildman–Crippen MR) is 143 cm³/mol. The lowest BCUT2D eigenvalue weighted by atomic mass is 10.2. The molecule has 0 aliphatic carbocycles. The molecule has 0 atom stereocenters. The Balaban J connectivity index is 1.73. The number of fused-ring (bicyclic) bond motifs is 2. The molecular weight excluding hydrogens is 501 g/mol. The maximum absolute atomic E-state index is 13.5. The maximum Gasteiger partial charge on any atom is 0.282 e. The van der Waals surface area contributed by atoms with Crippen LogP contribution in [0.3, 0.4) is 0 Å². The number of furan rings is 1. The molecule has 0 N–H and O–H groups in total. The minimum absolute atomic E-state index is 0.129. The van der Waals surface area contributed by atoms with Crippen molar-refractivity contribution in [1.82, 2.24) is 9.66 Å². The van der Waals surface area contributed by atoms with Gasteiger partial charge in [-0.2, -0.15) is 9.78 Å². The van der Waals surface area contributed by atoms with Crippen LogP contribution in [0.2, 0.25) is 10.0 Å². The molecule has 0 unspecified atom stereocenters. The maximum atomic E-state index is 13.5. The Bertz CT molecular complexity index is 1690. The number of aromatic nitrogens is 2. The first-order valence-electron chi connectivity index (χ1n) is 11.1. The standard InChI is InChI=1S/C27H21Cl2N3O4/c1-15(2)35-25-17(11-19(29)13-23(25)34-3)14-30-32-26(31-21-7-5-4-6-20(21)27(32)33)24-12-16-10-18(28)8-9-22(16)36-24/h4-15H,1-3H3. The Morgan fingerprint density at radius 1 is 1.06 bits per heavy atom. The summed E-state index contributed by atoms with van der Waals surface area (Å²) >= 11 is 12.5. The van der Waals surface area contributed by atoms with Gasteiger partial charge in [-0.25, -0.2) is 4.98 Å². The molecule has 0 saturated carbocycles. The van der Waals surface area contributed by atoms with Gasteiger partial charge in [-0.3, -0.25) is 4.79 Å². The molecule has 3 aromatic carbocycles. The van der Waals surface area contributed by atoms with E-state index in [1.54, 1.807) is 54.6 Å². The van der Waals surface area contributed by atoms with Gasteiger partial charge in [-0.05, 0) is 56.3 Å². The molecule has 0 aliphatic heterocycles. The normalized spacial score (nSPS) is 11.7. The highest BCUT2D eigenvalue weighted by atomic mass is 35.5. The Kier molecular flexibility index (Phi) is 6.43. The van der Waals surface area contributed by atoms with E-state index in [1.807, 2.05) is 19.9 Å². The molecule has 2 heterocycles. The van der Waals surface area contributed by atoms with Gasteiger partial charge in [0, 0.05) is 27.1 Å². The highest BCUT2D eigenvalue weighted by Crippen LogP contribution is 2.35. The van der Waals surface area contributed by atoms with E-state index in [0.717, 1.165) is 5.39 Å². The zero-order chi connectivity index (χ0) is 25.4. The monoisotopic (exact) mass is 521 g/mol. The zero-order valence-electron chi connectivity index (χ0n) is 19.7. The fourth-order valence-electron chi connectivity index (χ4n) is 3.83. The van der Waals surface area contributed by atoms with Gasteiger partial charge in [0.25, 0.3) is 5.56 Å². The Hall–Kier alpha value is -3.81. The third kappa shape index (κ3) is 4.55. The number of nitrogens with zero attached hydrogens (tertiary/aromatic N) is 3. The summed E-state index contributed by atoms with van der Waals surface area (Å²) in [5.41, 5.74) is 1.32. The summed E-state index contributed by atoms with van der Waals surface area (Å²) in [6.07, 6.45) is 1.36.